The highest BCUT2D eigenvalue weighted by Crippen LogP contribution is 2.36. The van der Waals surface area contributed by atoms with Gasteiger partial charge in [0.1, 0.15) is 0 Å². The van der Waals surface area contributed by atoms with Gasteiger partial charge in [-0.25, -0.2) is 0 Å². The Morgan fingerprint density at radius 2 is 2.22 bits per heavy atom. The number of nitrogens with zero attached hydrogens (tertiary/aromatic N) is 2. The molecule has 18 heavy (non-hydrogen) atoms. The van der Waals surface area contributed by atoms with E-state index < -0.39 is 11.4 Å². The first-order valence-corrected chi connectivity index (χ1v) is 6.56. The Hall–Kier alpha value is -1.58. The minimum Gasteiger partial charge on any atom is -0.481 e. The lowest BCUT2D eigenvalue weighted by atomic mass is 9.76. The summed E-state index contributed by atoms with van der Waals surface area (Å²) < 4.78 is 0. The van der Waals surface area contributed by atoms with Gasteiger partial charge in [-0.05, 0) is 31.4 Å². The van der Waals surface area contributed by atoms with E-state index in [0.717, 1.165) is 37.9 Å². The van der Waals surface area contributed by atoms with Gasteiger partial charge in [-0.15, -0.1) is 0 Å². The van der Waals surface area contributed by atoms with Gasteiger partial charge in [-0.3, -0.25) is 9.78 Å². The molecular weight excluding hydrogens is 228 g/mol. The molecule has 4 nitrogen and oxygen atoms in total. The molecule has 0 amide bonds. The molecule has 0 aromatic carbocycles. The van der Waals surface area contributed by atoms with Gasteiger partial charge in [-0.2, -0.15) is 0 Å². The largest absolute Gasteiger partial charge is 0.481 e. The Morgan fingerprint density at radius 3 is 2.83 bits per heavy atom. The third-order valence-corrected chi connectivity index (χ3v) is 3.79. The predicted molar refractivity (Wildman–Crippen MR) is 70.7 cm³/mol. The Labute approximate surface area is 108 Å². The number of carboxylic acids is 1. The average Bonchev–Trinajstić information content (AvgIpc) is 2.40. The van der Waals surface area contributed by atoms with Crippen molar-refractivity contribution in [3.05, 3.63) is 24.5 Å². The van der Waals surface area contributed by atoms with Crippen LogP contribution in [-0.4, -0.2) is 29.1 Å². The maximum atomic E-state index is 11.6. The summed E-state index contributed by atoms with van der Waals surface area (Å²) in [5.74, 6) is -0.650. The Balaban J connectivity index is 2.19. The van der Waals surface area contributed by atoms with E-state index in [1.807, 2.05) is 12.1 Å². The van der Waals surface area contributed by atoms with Gasteiger partial charge in [0, 0.05) is 31.2 Å². The normalized spacial score (nSPS) is 23.9. The monoisotopic (exact) mass is 248 g/mol. The lowest BCUT2D eigenvalue weighted by molar-refractivity contribution is -0.150. The van der Waals surface area contributed by atoms with Gasteiger partial charge < -0.3 is 10.0 Å². The molecule has 1 fully saturated rings. The number of anilines is 1. The molecule has 1 aliphatic rings. The molecule has 0 bridgehead atoms. The van der Waals surface area contributed by atoms with Gasteiger partial charge in [0.2, 0.25) is 0 Å². The Kier molecular flexibility index (Phi) is 3.84. The third-order valence-electron chi connectivity index (χ3n) is 3.79. The first-order chi connectivity index (χ1) is 8.68. The first-order valence-electron chi connectivity index (χ1n) is 6.56. The zero-order valence-corrected chi connectivity index (χ0v) is 10.8. The summed E-state index contributed by atoms with van der Waals surface area (Å²) in [4.78, 5) is 17.8. The molecule has 1 N–H and O–H groups in total. The quantitative estimate of drug-likeness (QED) is 0.889. The van der Waals surface area contributed by atoms with E-state index in [1.54, 1.807) is 12.4 Å². The highest BCUT2D eigenvalue weighted by molar-refractivity contribution is 5.76. The van der Waals surface area contributed by atoms with Crippen LogP contribution in [0.3, 0.4) is 0 Å². The van der Waals surface area contributed by atoms with Crippen molar-refractivity contribution in [1.82, 2.24) is 4.98 Å². The van der Waals surface area contributed by atoms with Crippen LogP contribution >= 0.6 is 0 Å². The van der Waals surface area contributed by atoms with Crippen molar-refractivity contribution in [2.45, 2.75) is 32.6 Å². The molecule has 2 rings (SSSR count). The molecule has 1 aliphatic heterocycles. The lowest BCUT2D eigenvalue weighted by Crippen LogP contribution is -2.48. The molecule has 98 valence electrons. The summed E-state index contributed by atoms with van der Waals surface area (Å²) in [5.41, 5.74) is 0.502. The molecule has 1 atom stereocenters. The highest BCUT2D eigenvalue weighted by atomic mass is 16.4. The minimum absolute atomic E-state index is 0.573. The van der Waals surface area contributed by atoms with Gasteiger partial charge >= 0.3 is 5.97 Å². The number of rotatable bonds is 4. The van der Waals surface area contributed by atoms with E-state index in [1.165, 1.54) is 0 Å². The summed E-state index contributed by atoms with van der Waals surface area (Å²) in [7, 11) is 0. The summed E-state index contributed by atoms with van der Waals surface area (Å²) in [6, 6.07) is 3.90. The summed E-state index contributed by atoms with van der Waals surface area (Å²) in [6.45, 7) is 3.60. The maximum Gasteiger partial charge on any atom is 0.311 e. The van der Waals surface area contributed by atoms with Gasteiger partial charge in [0.05, 0.1) is 5.41 Å². The molecule has 4 heteroatoms. The molecule has 0 radical (unpaired) electrons. The number of hydrogen-bond acceptors (Lipinski definition) is 3. The molecule has 1 unspecified atom stereocenters. The predicted octanol–water partition coefficient (Wildman–Crippen LogP) is 2.55. The SMILES string of the molecule is CCCC1(C(=O)O)CCCN(c2ccncc2)C1. The van der Waals surface area contributed by atoms with Crippen molar-refractivity contribution in [3.63, 3.8) is 0 Å². The van der Waals surface area contributed by atoms with E-state index in [-0.39, 0.29) is 0 Å². The van der Waals surface area contributed by atoms with Gasteiger partial charge in [0.15, 0.2) is 0 Å². The van der Waals surface area contributed by atoms with E-state index in [9.17, 15) is 9.90 Å². The molecular formula is C14H20N2O2. The summed E-state index contributed by atoms with van der Waals surface area (Å²) in [6.07, 6.45) is 6.91. The smallest absolute Gasteiger partial charge is 0.311 e. The number of carbonyl (C=O) groups is 1. The van der Waals surface area contributed by atoms with E-state index in [0.29, 0.717) is 6.54 Å². The zero-order chi connectivity index (χ0) is 13.0. The standard InChI is InChI=1S/C14H20N2O2/c1-2-6-14(13(17)18)7-3-10-16(11-14)12-4-8-15-9-5-12/h4-5,8-9H,2-3,6-7,10-11H2,1H3,(H,17,18). The summed E-state index contributed by atoms with van der Waals surface area (Å²) >= 11 is 0. The number of piperidine rings is 1. The average molecular weight is 248 g/mol. The molecule has 0 aliphatic carbocycles. The van der Waals surface area contributed by atoms with Crippen molar-refractivity contribution >= 4 is 11.7 Å². The minimum atomic E-state index is -0.650. The number of hydrogen-bond donors (Lipinski definition) is 1. The van der Waals surface area contributed by atoms with Crippen molar-refractivity contribution in [3.8, 4) is 0 Å². The van der Waals surface area contributed by atoms with Crippen LogP contribution in [0.5, 0.6) is 0 Å². The molecule has 2 heterocycles. The lowest BCUT2D eigenvalue weighted by Gasteiger charge is -2.41. The molecule has 0 saturated carbocycles. The summed E-state index contributed by atoms with van der Waals surface area (Å²) in [5, 5.41) is 9.55. The van der Waals surface area contributed by atoms with E-state index in [4.69, 9.17) is 0 Å². The molecule has 1 aromatic heterocycles. The maximum absolute atomic E-state index is 11.6. The van der Waals surface area contributed by atoms with Crippen LogP contribution in [0.15, 0.2) is 24.5 Å². The van der Waals surface area contributed by atoms with Crippen molar-refractivity contribution in [2.24, 2.45) is 5.41 Å². The molecule has 1 aromatic rings. The number of pyridine rings is 1. The highest BCUT2D eigenvalue weighted by Gasteiger charge is 2.41. The molecule has 0 spiro atoms. The van der Waals surface area contributed by atoms with Crippen LogP contribution in [0, 0.1) is 5.41 Å². The second-order valence-electron chi connectivity index (χ2n) is 5.07. The number of aliphatic carboxylic acids is 1. The number of carboxylic acid groups (broad SMARTS) is 1. The van der Waals surface area contributed by atoms with Gasteiger partial charge in [-0.1, -0.05) is 13.3 Å². The second-order valence-corrected chi connectivity index (χ2v) is 5.07. The van der Waals surface area contributed by atoms with Crippen molar-refractivity contribution in [1.29, 1.82) is 0 Å². The fourth-order valence-corrected chi connectivity index (χ4v) is 2.87. The zero-order valence-electron chi connectivity index (χ0n) is 10.8. The van der Waals surface area contributed by atoms with Crippen LogP contribution < -0.4 is 4.90 Å². The second kappa shape index (κ2) is 5.38. The van der Waals surface area contributed by atoms with Crippen LogP contribution in [0.2, 0.25) is 0 Å². The van der Waals surface area contributed by atoms with Crippen LogP contribution in [0.1, 0.15) is 32.6 Å². The fraction of sp³-hybridized carbons (Fsp3) is 0.571. The fourth-order valence-electron chi connectivity index (χ4n) is 2.87. The van der Waals surface area contributed by atoms with E-state index >= 15 is 0 Å². The third kappa shape index (κ3) is 2.47. The van der Waals surface area contributed by atoms with Crippen LogP contribution in [0.4, 0.5) is 5.69 Å². The van der Waals surface area contributed by atoms with E-state index in [2.05, 4.69) is 16.8 Å². The van der Waals surface area contributed by atoms with Crippen LogP contribution in [0.25, 0.3) is 0 Å². The van der Waals surface area contributed by atoms with Crippen molar-refractivity contribution < 1.29 is 9.90 Å². The molecule has 1 saturated heterocycles. The first kappa shape index (κ1) is 12.9. The topological polar surface area (TPSA) is 53.4 Å². The Bertz CT molecular complexity index is 404. The number of aromatic nitrogens is 1. The van der Waals surface area contributed by atoms with Crippen LogP contribution in [-0.2, 0) is 4.79 Å². The Morgan fingerprint density at radius 1 is 1.50 bits per heavy atom. The van der Waals surface area contributed by atoms with Gasteiger partial charge in [0.25, 0.3) is 0 Å². The van der Waals surface area contributed by atoms with Crippen molar-refractivity contribution in [2.75, 3.05) is 18.0 Å².